The molecule has 1 aromatic rings. The van der Waals surface area contributed by atoms with E-state index in [0.717, 1.165) is 25.2 Å². The summed E-state index contributed by atoms with van der Waals surface area (Å²) in [6.45, 7) is 7.16. The minimum atomic E-state index is -0.405. The van der Waals surface area contributed by atoms with Crippen molar-refractivity contribution in [1.82, 2.24) is 9.80 Å². The maximum Gasteiger partial charge on any atom is 0.0960 e. The highest BCUT2D eigenvalue weighted by atomic mass is 16.3. The second-order valence-corrected chi connectivity index (χ2v) is 5.62. The molecule has 1 heterocycles. The van der Waals surface area contributed by atoms with E-state index in [1.54, 1.807) is 0 Å². The summed E-state index contributed by atoms with van der Waals surface area (Å²) < 4.78 is 0. The first kappa shape index (κ1) is 13.5. The third-order valence-electron chi connectivity index (χ3n) is 4.02. The predicted octanol–water partition coefficient (Wildman–Crippen LogP) is 1.58. The summed E-state index contributed by atoms with van der Waals surface area (Å²) in [5.74, 6) is 0. The van der Waals surface area contributed by atoms with Gasteiger partial charge in [-0.05, 0) is 39.1 Å². The van der Waals surface area contributed by atoms with Crippen molar-refractivity contribution in [2.75, 3.05) is 33.7 Å². The minimum absolute atomic E-state index is 0.184. The molecule has 1 fully saturated rings. The van der Waals surface area contributed by atoms with Crippen LogP contribution in [0.4, 0.5) is 0 Å². The Morgan fingerprint density at radius 1 is 1.22 bits per heavy atom. The minimum Gasteiger partial charge on any atom is -0.387 e. The van der Waals surface area contributed by atoms with Gasteiger partial charge in [0, 0.05) is 19.6 Å². The molecule has 0 spiro atoms. The molecule has 3 heteroatoms. The number of nitrogens with zero attached hydrogens (tertiary/aromatic N) is 2. The Bertz CT molecular complexity index is 419. The van der Waals surface area contributed by atoms with E-state index in [-0.39, 0.29) is 6.04 Å². The molecule has 1 aromatic carbocycles. The molecule has 0 amide bonds. The lowest BCUT2D eigenvalue weighted by atomic mass is 9.94. The van der Waals surface area contributed by atoms with Crippen molar-refractivity contribution in [1.29, 1.82) is 0 Å². The van der Waals surface area contributed by atoms with E-state index in [9.17, 15) is 5.11 Å². The van der Waals surface area contributed by atoms with E-state index < -0.39 is 6.10 Å². The smallest absolute Gasteiger partial charge is 0.0960 e. The standard InChI is InChI=1S/C15H24N2O/c1-11-5-6-12(2)13(9-11)15(18)14-10-16(3)7-8-17(14)4/h5-6,9,14-15,18H,7-8,10H2,1-4H3. The molecule has 0 aliphatic carbocycles. The van der Waals surface area contributed by atoms with Gasteiger partial charge in [-0.15, -0.1) is 0 Å². The van der Waals surface area contributed by atoms with Gasteiger partial charge in [-0.25, -0.2) is 0 Å². The van der Waals surface area contributed by atoms with Crippen molar-refractivity contribution >= 4 is 0 Å². The average Bonchev–Trinajstić information content (AvgIpc) is 2.34. The van der Waals surface area contributed by atoms with Gasteiger partial charge < -0.3 is 10.0 Å². The van der Waals surface area contributed by atoms with Gasteiger partial charge in [0.15, 0.2) is 0 Å². The Morgan fingerprint density at radius 3 is 2.67 bits per heavy atom. The van der Waals surface area contributed by atoms with Crippen LogP contribution in [0, 0.1) is 13.8 Å². The summed E-state index contributed by atoms with van der Waals surface area (Å²) in [5, 5.41) is 10.7. The van der Waals surface area contributed by atoms with Crippen LogP contribution in [0.1, 0.15) is 22.8 Å². The monoisotopic (exact) mass is 248 g/mol. The van der Waals surface area contributed by atoms with Gasteiger partial charge in [0.2, 0.25) is 0 Å². The van der Waals surface area contributed by atoms with Crippen LogP contribution < -0.4 is 0 Å². The zero-order valence-corrected chi connectivity index (χ0v) is 11.8. The largest absolute Gasteiger partial charge is 0.387 e. The third kappa shape index (κ3) is 2.74. The summed E-state index contributed by atoms with van der Waals surface area (Å²) >= 11 is 0. The number of benzene rings is 1. The van der Waals surface area contributed by atoms with Gasteiger partial charge in [0.1, 0.15) is 0 Å². The van der Waals surface area contributed by atoms with Crippen LogP contribution in [0.25, 0.3) is 0 Å². The number of hydrogen-bond acceptors (Lipinski definition) is 3. The van der Waals surface area contributed by atoms with Crippen molar-refractivity contribution in [3.8, 4) is 0 Å². The van der Waals surface area contributed by atoms with Crippen LogP contribution in [0.15, 0.2) is 18.2 Å². The van der Waals surface area contributed by atoms with E-state index in [1.165, 1.54) is 11.1 Å². The molecular formula is C15H24N2O. The van der Waals surface area contributed by atoms with Crippen molar-refractivity contribution in [3.05, 3.63) is 34.9 Å². The molecule has 0 aromatic heterocycles. The molecule has 2 unspecified atom stereocenters. The SMILES string of the molecule is Cc1ccc(C)c(C(O)C2CN(C)CCN2C)c1. The Hall–Kier alpha value is -0.900. The van der Waals surface area contributed by atoms with Crippen LogP contribution in [0.5, 0.6) is 0 Å². The van der Waals surface area contributed by atoms with E-state index in [2.05, 4.69) is 55.9 Å². The van der Waals surface area contributed by atoms with Gasteiger partial charge >= 0.3 is 0 Å². The highest BCUT2D eigenvalue weighted by Gasteiger charge is 2.30. The second kappa shape index (κ2) is 5.39. The number of piperazine rings is 1. The third-order valence-corrected chi connectivity index (χ3v) is 4.02. The predicted molar refractivity (Wildman–Crippen MR) is 74.8 cm³/mol. The molecule has 2 rings (SSSR count). The second-order valence-electron chi connectivity index (χ2n) is 5.62. The molecule has 2 atom stereocenters. The molecule has 1 aliphatic heterocycles. The summed E-state index contributed by atoms with van der Waals surface area (Å²) in [6.07, 6.45) is -0.405. The highest BCUT2D eigenvalue weighted by Crippen LogP contribution is 2.26. The first-order valence-corrected chi connectivity index (χ1v) is 6.63. The molecule has 0 saturated carbocycles. The van der Waals surface area contributed by atoms with E-state index in [1.807, 2.05) is 0 Å². The molecule has 0 bridgehead atoms. The number of aryl methyl sites for hydroxylation is 2. The number of aliphatic hydroxyl groups is 1. The summed E-state index contributed by atoms with van der Waals surface area (Å²) in [4.78, 5) is 4.56. The van der Waals surface area contributed by atoms with E-state index in [0.29, 0.717) is 0 Å². The number of aliphatic hydroxyl groups excluding tert-OH is 1. The average molecular weight is 248 g/mol. The van der Waals surface area contributed by atoms with Crippen LogP contribution in [-0.4, -0.2) is 54.7 Å². The van der Waals surface area contributed by atoms with Crippen molar-refractivity contribution in [2.24, 2.45) is 0 Å². The first-order chi connectivity index (χ1) is 8.49. The van der Waals surface area contributed by atoms with Crippen molar-refractivity contribution in [3.63, 3.8) is 0 Å². The number of rotatable bonds is 2. The van der Waals surface area contributed by atoms with Gasteiger partial charge in [-0.3, -0.25) is 4.90 Å². The van der Waals surface area contributed by atoms with Crippen LogP contribution in [-0.2, 0) is 0 Å². The first-order valence-electron chi connectivity index (χ1n) is 6.63. The molecule has 0 radical (unpaired) electrons. The lowest BCUT2D eigenvalue weighted by Crippen LogP contribution is -2.52. The normalized spacial score (nSPS) is 24.2. The van der Waals surface area contributed by atoms with Crippen LogP contribution in [0.3, 0.4) is 0 Å². The fraction of sp³-hybridized carbons (Fsp3) is 0.600. The summed E-state index contributed by atoms with van der Waals surface area (Å²) in [6, 6.07) is 6.50. The topological polar surface area (TPSA) is 26.7 Å². The number of hydrogen-bond donors (Lipinski definition) is 1. The maximum atomic E-state index is 10.7. The van der Waals surface area contributed by atoms with E-state index >= 15 is 0 Å². The summed E-state index contributed by atoms with van der Waals surface area (Å²) in [7, 11) is 4.22. The molecule has 18 heavy (non-hydrogen) atoms. The fourth-order valence-corrected chi connectivity index (χ4v) is 2.67. The Morgan fingerprint density at radius 2 is 1.94 bits per heavy atom. The van der Waals surface area contributed by atoms with Gasteiger partial charge in [0.25, 0.3) is 0 Å². The fourth-order valence-electron chi connectivity index (χ4n) is 2.67. The molecule has 1 N–H and O–H groups in total. The molecule has 100 valence electrons. The highest BCUT2D eigenvalue weighted by molar-refractivity contribution is 5.33. The van der Waals surface area contributed by atoms with E-state index in [4.69, 9.17) is 0 Å². The lowest BCUT2D eigenvalue weighted by molar-refractivity contribution is 0.0135. The lowest BCUT2D eigenvalue weighted by Gasteiger charge is -2.40. The zero-order chi connectivity index (χ0) is 13.3. The van der Waals surface area contributed by atoms with Crippen LogP contribution >= 0.6 is 0 Å². The van der Waals surface area contributed by atoms with Gasteiger partial charge in [-0.2, -0.15) is 0 Å². The van der Waals surface area contributed by atoms with Gasteiger partial charge in [0.05, 0.1) is 12.1 Å². The Balaban J connectivity index is 2.23. The Labute approximate surface area is 110 Å². The molecule has 1 aliphatic rings. The maximum absolute atomic E-state index is 10.7. The molecular weight excluding hydrogens is 224 g/mol. The summed E-state index contributed by atoms with van der Waals surface area (Å²) in [5.41, 5.74) is 3.46. The zero-order valence-electron chi connectivity index (χ0n) is 11.8. The van der Waals surface area contributed by atoms with Crippen molar-refractivity contribution in [2.45, 2.75) is 26.0 Å². The molecule has 1 saturated heterocycles. The van der Waals surface area contributed by atoms with Crippen molar-refractivity contribution < 1.29 is 5.11 Å². The quantitative estimate of drug-likeness (QED) is 0.861. The number of likely N-dealkylation sites (N-methyl/N-ethyl adjacent to an activating group) is 2. The van der Waals surface area contributed by atoms with Gasteiger partial charge in [-0.1, -0.05) is 23.8 Å². The Kier molecular flexibility index (Phi) is 4.05. The van der Waals surface area contributed by atoms with Crippen LogP contribution in [0.2, 0.25) is 0 Å². The molecule has 3 nitrogen and oxygen atoms in total.